The van der Waals surface area contributed by atoms with E-state index in [2.05, 4.69) is 4.72 Å². The van der Waals surface area contributed by atoms with E-state index in [-0.39, 0.29) is 0 Å². The Kier molecular flexibility index (Phi) is 4.82. The summed E-state index contributed by atoms with van der Waals surface area (Å²) in [5, 5.41) is 0. The van der Waals surface area contributed by atoms with Gasteiger partial charge >= 0.3 is 0 Å². The molecule has 0 heterocycles. The van der Waals surface area contributed by atoms with Gasteiger partial charge in [-0.2, -0.15) is 0 Å². The summed E-state index contributed by atoms with van der Waals surface area (Å²) in [6.07, 6.45) is 4.70. The first-order chi connectivity index (χ1) is 9.12. The van der Waals surface area contributed by atoms with Gasteiger partial charge in [-0.3, -0.25) is 0 Å². The number of sulfonamides is 1. The molecule has 1 aliphatic rings. The van der Waals surface area contributed by atoms with Gasteiger partial charge in [-0.25, -0.2) is 13.1 Å². The Labute approximate surface area is 115 Å². The summed E-state index contributed by atoms with van der Waals surface area (Å²) in [6, 6.07) is 6.55. The quantitative estimate of drug-likeness (QED) is 0.873. The lowest BCUT2D eigenvalue weighted by Crippen LogP contribution is -2.28. The van der Waals surface area contributed by atoms with Crippen LogP contribution in [0.1, 0.15) is 32.6 Å². The molecule has 2 rings (SSSR count). The lowest BCUT2D eigenvalue weighted by molar-refractivity contribution is 0.340. The Balaban J connectivity index is 1.97. The molecular weight excluding hydrogens is 262 g/mol. The number of hydrogen-bond acceptors (Lipinski definition) is 3. The minimum absolute atomic E-state index is 0.300. The van der Waals surface area contributed by atoms with Crippen molar-refractivity contribution in [1.82, 2.24) is 4.72 Å². The van der Waals surface area contributed by atoms with Gasteiger partial charge in [-0.15, -0.1) is 0 Å². The van der Waals surface area contributed by atoms with Crippen LogP contribution in [-0.2, 0) is 10.0 Å². The summed E-state index contributed by atoms with van der Waals surface area (Å²) < 4.78 is 32.2. The highest BCUT2D eigenvalue weighted by Gasteiger charge is 2.19. The van der Waals surface area contributed by atoms with E-state index in [0.29, 0.717) is 29.7 Å². The lowest BCUT2D eigenvalue weighted by atomic mass is 10.1. The molecule has 0 saturated heterocycles. The van der Waals surface area contributed by atoms with E-state index >= 15 is 0 Å². The average Bonchev–Trinajstić information content (AvgIpc) is 2.91. The summed E-state index contributed by atoms with van der Waals surface area (Å²) in [6.45, 7) is 3.02. The number of hydrogen-bond donors (Lipinski definition) is 1. The number of benzene rings is 1. The van der Waals surface area contributed by atoms with Crippen LogP contribution in [0.25, 0.3) is 0 Å². The summed E-state index contributed by atoms with van der Waals surface area (Å²) >= 11 is 0. The van der Waals surface area contributed by atoms with Crippen LogP contribution in [0, 0.1) is 5.92 Å². The fourth-order valence-electron chi connectivity index (χ4n) is 2.41. The Bertz CT molecular complexity index is 490. The molecule has 4 nitrogen and oxygen atoms in total. The first-order valence-corrected chi connectivity index (χ1v) is 8.32. The van der Waals surface area contributed by atoms with Crippen LogP contribution in [0.3, 0.4) is 0 Å². The highest BCUT2D eigenvalue weighted by atomic mass is 32.2. The van der Waals surface area contributed by atoms with E-state index in [1.165, 1.54) is 12.8 Å². The van der Waals surface area contributed by atoms with Crippen LogP contribution in [0.2, 0.25) is 0 Å². The highest BCUT2D eigenvalue weighted by Crippen LogP contribution is 2.24. The standard InChI is InChI=1S/C14H21NO3S/c1-2-18-13-7-9-14(10-8-13)19(16,17)15-11-12-5-3-4-6-12/h7-10,12,15H,2-6,11H2,1H3. The molecule has 0 amide bonds. The maximum Gasteiger partial charge on any atom is 0.240 e. The second kappa shape index (κ2) is 6.39. The lowest BCUT2D eigenvalue weighted by Gasteiger charge is -2.11. The van der Waals surface area contributed by atoms with E-state index in [1.54, 1.807) is 24.3 Å². The minimum atomic E-state index is -3.39. The molecular formula is C14H21NO3S. The van der Waals surface area contributed by atoms with E-state index < -0.39 is 10.0 Å². The van der Waals surface area contributed by atoms with Crippen molar-refractivity contribution in [2.45, 2.75) is 37.5 Å². The molecule has 1 aliphatic carbocycles. The Morgan fingerprint density at radius 2 is 1.84 bits per heavy atom. The molecule has 5 heteroatoms. The smallest absolute Gasteiger partial charge is 0.240 e. The first-order valence-electron chi connectivity index (χ1n) is 6.84. The zero-order chi connectivity index (χ0) is 13.7. The van der Waals surface area contributed by atoms with Crippen molar-refractivity contribution in [3.8, 4) is 5.75 Å². The highest BCUT2D eigenvalue weighted by molar-refractivity contribution is 7.89. The zero-order valence-electron chi connectivity index (χ0n) is 11.3. The van der Waals surface area contributed by atoms with Crippen LogP contribution in [0.15, 0.2) is 29.2 Å². The maximum atomic E-state index is 12.1. The van der Waals surface area contributed by atoms with Gasteiger partial charge in [0.2, 0.25) is 10.0 Å². The molecule has 1 aromatic carbocycles. The molecule has 0 radical (unpaired) electrons. The van der Waals surface area contributed by atoms with Crippen LogP contribution in [-0.4, -0.2) is 21.6 Å². The SMILES string of the molecule is CCOc1ccc(S(=O)(=O)NCC2CCCC2)cc1. The fourth-order valence-corrected chi connectivity index (χ4v) is 3.52. The van der Waals surface area contributed by atoms with Crippen LogP contribution >= 0.6 is 0 Å². The zero-order valence-corrected chi connectivity index (χ0v) is 12.1. The van der Waals surface area contributed by atoms with E-state index in [9.17, 15) is 8.42 Å². The van der Waals surface area contributed by atoms with Gasteiger partial charge in [0.15, 0.2) is 0 Å². The first kappa shape index (κ1) is 14.3. The van der Waals surface area contributed by atoms with Crippen molar-refractivity contribution in [2.75, 3.05) is 13.2 Å². The van der Waals surface area contributed by atoms with Crippen molar-refractivity contribution < 1.29 is 13.2 Å². The van der Waals surface area contributed by atoms with Crippen molar-refractivity contribution in [1.29, 1.82) is 0 Å². The van der Waals surface area contributed by atoms with Crippen molar-refractivity contribution in [3.63, 3.8) is 0 Å². The van der Waals surface area contributed by atoms with Crippen molar-refractivity contribution in [3.05, 3.63) is 24.3 Å². The Morgan fingerprint density at radius 3 is 2.42 bits per heavy atom. The summed E-state index contributed by atoms with van der Waals surface area (Å²) in [5.74, 6) is 1.19. The monoisotopic (exact) mass is 283 g/mol. The van der Waals surface area contributed by atoms with Crippen molar-refractivity contribution >= 4 is 10.0 Å². The van der Waals surface area contributed by atoms with E-state index in [0.717, 1.165) is 12.8 Å². The minimum Gasteiger partial charge on any atom is -0.494 e. The number of nitrogens with one attached hydrogen (secondary N) is 1. The third kappa shape index (κ3) is 3.94. The molecule has 0 aliphatic heterocycles. The van der Waals surface area contributed by atoms with E-state index in [1.807, 2.05) is 6.92 Å². The number of ether oxygens (including phenoxy) is 1. The van der Waals surface area contributed by atoms with Crippen LogP contribution in [0.4, 0.5) is 0 Å². The molecule has 1 N–H and O–H groups in total. The van der Waals surface area contributed by atoms with Crippen LogP contribution < -0.4 is 9.46 Å². The molecule has 0 atom stereocenters. The largest absolute Gasteiger partial charge is 0.494 e. The van der Waals surface area contributed by atoms with Crippen LogP contribution in [0.5, 0.6) is 5.75 Å². The topological polar surface area (TPSA) is 55.4 Å². The second-order valence-corrected chi connectivity index (χ2v) is 6.67. The van der Waals surface area contributed by atoms with Gasteiger partial charge in [-0.05, 0) is 49.9 Å². The predicted octanol–water partition coefficient (Wildman–Crippen LogP) is 2.55. The molecule has 1 fully saturated rings. The predicted molar refractivity (Wildman–Crippen MR) is 74.8 cm³/mol. The molecule has 0 spiro atoms. The third-order valence-electron chi connectivity index (χ3n) is 3.48. The molecule has 19 heavy (non-hydrogen) atoms. The molecule has 106 valence electrons. The molecule has 1 saturated carbocycles. The van der Waals surface area contributed by atoms with Gasteiger partial charge < -0.3 is 4.74 Å². The summed E-state index contributed by atoms with van der Waals surface area (Å²) in [5.41, 5.74) is 0. The molecule has 1 aromatic rings. The number of rotatable bonds is 6. The molecule has 0 aromatic heterocycles. The van der Waals surface area contributed by atoms with Gasteiger partial charge in [0.25, 0.3) is 0 Å². The second-order valence-electron chi connectivity index (χ2n) is 4.91. The third-order valence-corrected chi connectivity index (χ3v) is 4.92. The van der Waals surface area contributed by atoms with Gasteiger partial charge in [0, 0.05) is 6.54 Å². The maximum absolute atomic E-state index is 12.1. The average molecular weight is 283 g/mol. The normalized spacial score (nSPS) is 16.7. The van der Waals surface area contributed by atoms with Gasteiger partial charge in [-0.1, -0.05) is 12.8 Å². The molecule has 0 unspecified atom stereocenters. The molecule has 0 bridgehead atoms. The Hall–Kier alpha value is -1.07. The summed E-state index contributed by atoms with van der Waals surface area (Å²) in [7, 11) is -3.39. The van der Waals surface area contributed by atoms with E-state index in [4.69, 9.17) is 4.74 Å². The summed E-state index contributed by atoms with van der Waals surface area (Å²) in [4.78, 5) is 0.300. The Morgan fingerprint density at radius 1 is 1.21 bits per heavy atom. The van der Waals surface area contributed by atoms with Gasteiger partial charge in [0.1, 0.15) is 5.75 Å². The fraction of sp³-hybridized carbons (Fsp3) is 0.571. The van der Waals surface area contributed by atoms with Gasteiger partial charge in [0.05, 0.1) is 11.5 Å². The van der Waals surface area contributed by atoms with Crippen molar-refractivity contribution in [2.24, 2.45) is 5.92 Å².